The van der Waals surface area contributed by atoms with Crippen LogP contribution in [0.3, 0.4) is 0 Å². The molecule has 1 fully saturated rings. The molecule has 1 saturated heterocycles. The Hall–Kier alpha value is -3.42. The Morgan fingerprint density at radius 2 is 1.74 bits per heavy atom. The second-order valence-electron chi connectivity index (χ2n) is 8.74. The summed E-state index contributed by atoms with van der Waals surface area (Å²) >= 11 is 0. The summed E-state index contributed by atoms with van der Waals surface area (Å²) in [6, 6.07) is 10.00. The number of fused-ring (bicyclic) bond motifs is 1. The SMILES string of the molecule is Cc1ccc(CNC(=O)C2CCN(C(=O)CCC(=O)c3ccc4c(c3)OCCO4)CC2)cc1F. The van der Waals surface area contributed by atoms with Gasteiger partial charge in [-0.25, -0.2) is 4.39 Å². The van der Waals surface area contributed by atoms with Crippen LogP contribution in [-0.4, -0.2) is 48.8 Å². The molecule has 2 aliphatic rings. The number of likely N-dealkylation sites (tertiary alicyclic amines) is 1. The zero-order chi connectivity index (χ0) is 24.1. The molecule has 1 N–H and O–H groups in total. The van der Waals surface area contributed by atoms with E-state index in [1.807, 2.05) is 0 Å². The summed E-state index contributed by atoms with van der Waals surface area (Å²) in [5.41, 5.74) is 1.78. The Labute approximate surface area is 198 Å². The molecule has 180 valence electrons. The highest BCUT2D eigenvalue weighted by atomic mass is 19.1. The van der Waals surface area contributed by atoms with E-state index in [-0.39, 0.29) is 48.7 Å². The number of ketones is 1. The number of aryl methyl sites for hydroxylation is 1. The fourth-order valence-corrected chi connectivity index (χ4v) is 4.21. The van der Waals surface area contributed by atoms with Gasteiger partial charge < -0.3 is 19.7 Å². The summed E-state index contributed by atoms with van der Waals surface area (Å²) in [4.78, 5) is 39.4. The van der Waals surface area contributed by atoms with Crippen LogP contribution < -0.4 is 14.8 Å². The fourth-order valence-electron chi connectivity index (χ4n) is 4.21. The number of carbonyl (C=O) groups excluding carboxylic acids is 3. The minimum Gasteiger partial charge on any atom is -0.486 e. The molecule has 4 rings (SSSR count). The number of nitrogens with one attached hydrogen (secondary N) is 1. The van der Waals surface area contributed by atoms with E-state index in [9.17, 15) is 18.8 Å². The highest BCUT2D eigenvalue weighted by Crippen LogP contribution is 2.31. The topological polar surface area (TPSA) is 84.9 Å². The van der Waals surface area contributed by atoms with Crippen LogP contribution in [-0.2, 0) is 16.1 Å². The van der Waals surface area contributed by atoms with E-state index in [1.165, 1.54) is 6.07 Å². The van der Waals surface area contributed by atoms with E-state index in [4.69, 9.17) is 9.47 Å². The number of ether oxygens (including phenoxy) is 2. The van der Waals surface area contributed by atoms with Crippen LogP contribution in [0, 0.1) is 18.7 Å². The number of nitrogens with zero attached hydrogens (tertiary/aromatic N) is 1. The van der Waals surface area contributed by atoms with Gasteiger partial charge in [-0.1, -0.05) is 12.1 Å². The Balaban J connectivity index is 1.20. The van der Waals surface area contributed by atoms with E-state index < -0.39 is 0 Å². The number of Topliss-reactive ketones (excluding diaryl/α,β-unsaturated/α-hetero) is 1. The van der Waals surface area contributed by atoms with E-state index in [2.05, 4.69) is 5.32 Å². The molecular formula is C26H29FN2O5. The first-order chi connectivity index (χ1) is 16.4. The first-order valence-corrected chi connectivity index (χ1v) is 11.6. The van der Waals surface area contributed by atoms with Gasteiger partial charge in [0.1, 0.15) is 19.0 Å². The summed E-state index contributed by atoms with van der Waals surface area (Å²) in [7, 11) is 0. The van der Waals surface area contributed by atoms with Gasteiger partial charge in [0.2, 0.25) is 11.8 Å². The van der Waals surface area contributed by atoms with Crippen LogP contribution in [0.5, 0.6) is 11.5 Å². The van der Waals surface area contributed by atoms with Crippen LogP contribution in [0.1, 0.15) is 47.2 Å². The fraction of sp³-hybridized carbons (Fsp3) is 0.423. The van der Waals surface area contributed by atoms with E-state index in [1.54, 1.807) is 42.2 Å². The van der Waals surface area contributed by atoms with Crippen LogP contribution in [0.2, 0.25) is 0 Å². The number of piperidine rings is 1. The second kappa shape index (κ2) is 10.7. The number of hydrogen-bond acceptors (Lipinski definition) is 5. The summed E-state index contributed by atoms with van der Waals surface area (Å²) < 4.78 is 24.7. The van der Waals surface area contributed by atoms with Gasteiger partial charge in [-0.05, 0) is 55.2 Å². The normalized spacial score (nSPS) is 15.6. The van der Waals surface area contributed by atoms with Crippen molar-refractivity contribution in [1.82, 2.24) is 10.2 Å². The molecule has 2 aromatic carbocycles. The van der Waals surface area contributed by atoms with Crippen molar-refractivity contribution in [2.24, 2.45) is 5.92 Å². The first-order valence-electron chi connectivity index (χ1n) is 11.6. The highest BCUT2D eigenvalue weighted by Gasteiger charge is 2.27. The molecule has 2 amide bonds. The summed E-state index contributed by atoms with van der Waals surface area (Å²) in [6.45, 7) is 3.86. The van der Waals surface area contributed by atoms with Gasteiger partial charge in [0.25, 0.3) is 0 Å². The molecule has 2 heterocycles. The van der Waals surface area contributed by atoms with E-state index in [0.717, 1.165) is 0 Å². The molecule has 0 saturated carbocycles. The van der Waals surface area contributed by atoms with Gasteiger partial charge in [-0.3, -0.25) is 14.4 Å². The van der Waals surface area contributed by atoms with Gasteiger partial charge in [0.15, 0.2) is 17.3 Å². The third-order valence-electron chi connectivity index (χ3n) is 6.35. The molecule has 0 aromatic heterocycles. The number of amides is 2. The number of rotatable bonds is 7. The lowest BCUT2D eigenvalue weighted by Gasteiger charge is -2.31. The molecular weight excluding hydrogens is 439 g/mol. The van der Waals surface area contributed by atoms with Crippen LogP contribution in [0.15, 0.2) is 36.4 Å². The largest absolute Gasteiger partial charge is 0.486 e. The maximum absolute atomic E-state index is 13.7. The lowest BCUT2D eigenvalue weighted by molar-refractivity contribution is -0.135. The van der Waals surface area contributed by atoms with Crippen molar-refractivity contribution < 1.29 is 28.2 Å². The van der Waals surface area contributed by atoms with Crippen LogP contribution >= 0.6 is 0 Å². The minimum absolute atomic E-state index is 0.0816. The molecule has 7 nitrogen and oxygen atoms in total. The van der Waals surface area contributed by atoms with Crippen LogP contribution in [0.25, 0.3) is 0 Å². The van der Waals surface area contributed by atoms with Crippen molar-refractivity contribution in [3.63, 3.8) is 0 Å². The molecule has 2 aromatic rings. The van der Waals surface area contributed by atoms with Gasteiger partial charge >= 0.3 is 0 Å². The Morgan fingerprint density at radius 3 is 2.47 bits per heavy atom. The molecule has 0 spiro atoms. The van der Waals surface area contributed by atoms with Crippen molar-refractivity contribution in [3.8, 4) is 11.5 Å². The van der Waals surface area contributed by atoms with E-state index in [0.29, 0.717) is 67.3 Å². The maximum Gasteiger partial charge on any atom is 0.223 e. The van der Waals surface area contributed by atoms with Gasteiger partial charge in [0, 0.05) is 44.0 Å². The first kappa shape index (κ1) is 23.7. The zero-order valence-corrected chi connectivity index (χ0v) is 19.3. The molecule has 34 heavy (non-hydrogen) atoms. The average Bonchev–Trinajstić information content (AvgIpc) is 2.87. The molecule has 0 bridgehead atoms. The summed E-state index contributed by atoms with van der Waals surface area (Å²) in [6.07, 6.45) is 1.38. The third kappa shape index (κ3) is 5.73. The molecule has 2 aliphatic heterocycles. The molecule has 0 radical (unpaired) electrons. The van der Waals surface area contributed by atoms with Crippen LogP contribution in [0.4, 0.5) is 4.39 Å². The van der Waals surface area contributed by atoms with Crippen molar-refractivity contribution >= 4 is 17.6 Å². The third-order valence-corrected chi connectivity index (χ3v) is 6.35. The monoisotopic (exact) mass is 468 g/mol. The van der Waals surface area contributed by atoms with Crippen molar-refractivity contribution in [2.75, 3.05) is 26.3 Å². The number of hydrogen-bond donors (Lipinski definition) is 1. The smallest absolute Gasteiger partial charge is 0.223 e. The maximum atomic E-state index is 13.7. The quantitative estimate of drug-likeness (QED) is 0.630. The van der Waals surface area contributed by atoms with Gasteiger partial charge in [0.05, 0.1) is 0 Å². The van der Waals surface area contributed by atoms with Crippen molar-refractivity contribution in [1.29, 1.82) is 0 Å². The Bertz CT molecular complexity index is 1080. The van der Waals surface area contributed by atoms with Crippen molar-refractivity contribution in [2.45, 2.75) is 39.2 Å². The number of benzene rings is 2. The Morgan fingerprint density at radius 1 is 1.00 bits per heavy atom. The predicted octanol–water partition coefficient (Wildman–Crippen LogP) is 3.42. The number of carbonyl (C=O) groups is 3. The number of halogens is 1. The van der Waals surface area contributed by atoms with Gasteiger partial charge in [-0.15, -0.1) is 0 Å². The minimum atomic E-state index is -0.286. The van der Waals surface area contributed by atoms with Gasteiger partial charge in [-0.2, -0.15) is 0 Å². The molecule has 0 atom stereocenters. The zero-order valence-electron chi connectivity index (χ0n) is 19.3. The Kier molecular flexibility index (Phi) is 7.45. The van der Waals surface area contributed by atoms with Crippen molar-refractivity contribution in [3.05, 3.63) is 58.9 Å². The summed E-state index contributed by atoms with van der Waals surface area (Å²) in [5, 5.41) is 2.87. The highest BCUT2D eigenvalue weighted by molar-refractivity contribution is 5.98. The lowest BCUT2D eigenvalue weighted by atomic mass is 9.95. The summed E-state index contributed by atoms with van der Waals surface area (Å²) in [5.74, 6) is 0.423. The lowest BCUT2D eigenvalue weighted by Crippen LogP contribution is -2.43. The second-order valence-corrected chi connectivity index (χ2v) is 8.74. The van der Waals surface area contributed by atoms with E-state index >= 15 is 0 Å². The molecule has 8 heteroatoms. The average molecular weight is 469 g/mol. The molecule has 0 unspecified atom stereocenters. The molecule has 0 aliphatic carbocycles. The predicted molar refractivity (Wildman–Crippen MR) is 123 cm³/mol. The standard InChI is InChI=1S/C26H29FN2O5/c1-17-2-3-18(14-21(17)27)16-28-26(32)19-8-10-29(11-9-19)25(31)7-5-22(30)20-4-6-23-24(15-20)34-13-12-33-23/h2-4,6,14-15,19H,5,7-13,16H2,1H3,(H,28,32).